The van der Waals surface area contributed by atoms with Gasteiger partial charge in [-0.05, 0) is 0 Å². The predicted octanol–water partition coefficient (Wildman–Crippen LogP) is -1.98. The van der Waals surface area contributed by atoms with Crippen LogP contribution in [-0.2, 0) is 167 Å². The van der Waals surface area contributed by atoms with Crippen LogP contribution in [0.15, 0.2) is 0 Å². The molecular weight excluding hydrogens is 1220 g/mol. The summed E-state index contributed by atoms with van der Waals surface area (Å²) >= 11 is 0. The van der Waals surface area contributed by atoms with Gasteiger partial charge in [-0.1, -0.05) is 0 Å². The van der Waals surface area contributed by atoms with E-state index in [4.69, 9.17) is 94.7 Å². The highest BCUT2D eigenvalue weighted by molar-refractivity contribution is 5.74. The van der Waals surface area contributed by atoms with Crippen molar-refractivity contribution < 1.29 is 167 Å². The number of esters is 14. The zero-order valence-corrected chi connectivity index (χ0v) is 51.8. The van der Waals surface area contributed by atoms with Crippen LogP contribution in [0.2, 0.25) is 0 Å². The Kier molecular flexibility index (Phi) is 30.3. The molecule has 19 atom stereocenters. The number of nitrogens with one attached hydrogen (secondary N) is 1. The summed E-state index contributed by atoms with van der Waals surface area (Å²) in [4.78, 5) is 192. The quantitative estimate of drug-likeness (QED) is 0.0626. The number of carbonyl (C=O) groups is 15. The molecule has 0 bridgehead atoms. The lowest BCUT2D eigenvalue weighted by Crippen LogP contribution is -2.71. The molecule has 36 nitrogen and oxygen atoms in total. The second kappa shape index (κ2) is 35.9. The second-order valence-electron chi connectivity index (χ2n) is 20.0. The lowest BCUT2D eigenvalue weighted by Gasteiger charge is -2.51. The third-order valence-corrected chi connectivity index (χ3v) is 12.1. The standard InChI is InChI=1S/C54H75NO35/c1-21(56)55-41-47(90-54-50(83-34(14)69)48(81-32(12)67)45(80-31(11)66)39(86-54)19-74-25(5)60)44(79-30(10)65)38(18-73-24(4)59)85-52(41)88-46-40(20-75-26(6)61)87-53(51(84-35(15)70)49(46)82-33(13)68)89-43(37(77-28(8)63)17-72-23(3)58)42(78-29(9)64)36(76-27(7)62)16-71-22(2)57/h36-54H,16-20H2,1-15H3,(H,55,56)/t36-,37+,38+,39?,40-,41+,42+,43+,44+,45-,46?,47?,48?,49-,50-,51?,52?,53?,54-/m0/s1. The van der Waals surface area contributed by atoms with Crippen molar-refractivity contribution >= 4 is 89.5 Å². The molecule has 0 aliphatic carbocycles. The molecule has 3 aliphatic rings. The molecule has 1 N–H and O–H groups in total. The third kappa shape index (κ3) is 25.0. The van der Waals surface area contributed by atoms with Gasteiger partial charge in [-0.2, -0.15) is 0 Å². The minimum atomic E-state index is -2.31. The maximum absolute atomic E-state index is 13.5. The first-order chi connectivity index (χ1) is 42.0. The van der Waals surface area contributed by atoms with Gasteiger partial charge in [0, 0.05) is 104 Å². The van der Waals surface area contributed by atoms with Crippen LogP contribution in [0.25, 0.3) is 0 Å². The molecule has 3 aliphatic heterocycles. The Morgan fingerprint density at radius 1 is 0.311 bits per heavy atom. The van der Waals surface area contributed by atoms with Gasteiger partial charge in [-0.25, -0.2) is 0 Å². The Labute approximate surface area is 513 Å². The lowest BCUT2D eigenvalue weighted by atomic mass is 9.93. The molecule has 0 aromatic rings. The van der Waals surface area contributed by atoms with E-state index in [1.165, 1.54) is 0 Å². The van der Waals surface area contributed by atoms with Crippen molar-refractivity contribution in [3.63, 3.8) is 0 Å². The van der Waals surface area contributed by atoms with E-state index in [1.54, 1.807) is 0 Å². The Bertz CT molecular complexity index is 2610. The summed E-state index contributed by atoms with van der Waals surface area (Å²) in [5.41, 5.74) is 0. The summed E-state index contributed by atoms with van der Waals surface area (Å²) in [5, 5.41) is 2.52. The van der Waals surface area contributed by atoms with Crippen molar-refractivity contribution in [1.29, 1.82) is 0 Å². The molecule has 0 aromatic heterocycles. The van der Waals surface area contributed by atoms with Crippen LogP contribution >= 0.6 is 0 Å². The average molecular weight is 1300 g/mol. The van der Waals surface area contributed by atoms with E-state index < -0.39 is 239 Å². The van der Waals surface area contributed by atoms with Crippen molar-refractivity contribution in [1.82, 2.24) is 5.32 Å². The summed E-state index contributed by atoms with van der Waals surface area (Å²) in [6, 6.07) is -1.98. The number of hydrogen-bond acceptors (Lipinski definition) is 35. The highest BCUT2D eigenvalue weighted by Gasteiger charge is 2.60. The summed E-state index contributed by atoms with van der Waals surface area (Å²) in [6.45, 7) is 9.32. The van der Waals surface area contributed by atoms with Crippen LogP contribution in [0.4, 0.5) is 0 Å². The molecule has 90 heavy (non-hydrogen) atoms. The Balaban J connectivity index is 2.54. The van der Waals surface area contributed by atoms with Crippen LogP contribution in [0, 0.1) is 0 Å². The average Bonchev–Trinajstić information content (AvgIpc) is 0.774. The predicted molar refractivity (Wildman–Crippen MR) is 281 cm³/mol. The van der Waals surface area contributed by atoms with Crippen molar-refractivity contribution in [2.24, 2.45) is 0 Å². The zero-order chi connectivity index (χ0) is 68.0. The van der Waals surface area contributed by atoms with Crippen LogP contribution < -0.4 is 5.32 Å². The van der Waals surface area contributed by atoms with E-state index in [0.29, 0.717) is 0 Å². The number of amides is 1. The maximum atomic E-state index is 13.5. The molecule has 3 fully saturated rings. The Hall–Kier alpha value is -8.19. The van der Waals surface area contributed by atoms with Gasteiger partial charge in [0.1, 0.15) is 75.7 Å². The van der Waals surface area contributed by atoms with E-state index >= 15 is 0 Å². The smallest absolute Gasteiger partial charge is 0.303 e. The van der Waals surface area contributed by atoms with Crippen molar-refractivity contribution in [2.75, 3.05) is 33.0 Å². The summed E-state index contributed by atoms with van der Waals surface area (Å²) in [7, 11) is 0. The Morgan fingerprint density at radius 3 is 1.00 bits per heavy atom. The van der Waals surface area contributed by atoms with Crippen LogP contribution in [-0.4, -0.2) is 239 Å². The van der Waals surface area contributed by atoms with E-state index in [0.717, 1.165) is 104 Å². The minimum Gasteiger partial charge on any atom is -0.463 e. The maximum Gasteiger partial charge on any atom is 0.303 e. The molecule has 3 saturated heterocycles. The normalized spacial score (nSPS) is 27.4. The van der Waals surface area contributed by atoms with E-state index in [1.807, 2.05) is 0 Å². The van der Waals surface area contributed by atoms with Gasteiger partial charge in [0.05, 0.1) is 0 Å². The summed E-state index contributed by atoms with van der Waals surface area (Å²) < 4.78 is 115. The van der Waals surface area contributed by atoms with Gasteiger partial charge in [0.25, 0.3) is 0 Å². The molecule has 3 rings (SSSR count). The summed E-state index contributed by atoms with van der Waals surface area (Å²) in [5.74, 6) is -15.8. The fraction of sp³-hybridized carbons (Fsp3) is 0.722. The molecule has 0 saturated carbocycles. The number of hydrogen-bond donors (Lipinski definition) is 1. The van der Waals surface area contributed by atoms with E-state index in [2.05, 4.69) is 5.32 Å². The van der Waals surface area contributed by atoms with Gasteiger partial charge in [-0.15, -0.1) is 0 Å². The summed E-state index contributed by atoms with van der Waals surface area (Å²) in [6.07, 6.45) is -36.4. The van der Waals surface area contributed by atoms with Crippen molar-refractivity contribution in [3.8, 4) is 0 Å². The molecule has 1 amide bonds. The first kappa shape index (κ1) is 76.1. The molecule has 3 heterocycles. The topological polar surface area (TPSA) is 453 Å². The SMILES string of the molecule is CC(=O)N[C@H]1C(OC2[C@H](OC(C)=O)C(OC(C)=O)C(O[C@@H]([C@H](OC(C)=O)[C@H](COC(C)=O)OC(C)=O)[C@@H](COC(C)=O)OC(C)=O)O[C@H]2COC(C)=O)O[C@H](COC(C)=O)[C@@H](OC(C)=O)C1O[C@@H]1OC(COC(C)=O)[C@H](OC(C)=O)C(OC(C)=O)[C@@H]1OC(C)=O. The molecular formula is C54H75NO35. The number of rotatable bonds is 29. The van der Waals surface area contributed by atoms with Gasteiger partial charge >= 0.3 is 83.6 Å². The molecule has 0 radical (unpaired) electrons. The third-order valence-electron chi connectivity index (χ3n) is 12.1. The largest absolute Gasteiger partial charge is 0.463 e. The first-order valence-electron chi connectivity index (χ1n) is 27.4. The van der Waals surface area contributed by atoms with E-state index in [9.17, 15) is 71.9 Å². The lowest BCUT2D eigenvalue weighted by molar-refractivity contribution is -0.372. The van der Waals surface area contributed by atoms with Crippen LogP contribution in [0.1, 0.15) is 104 Å². The molecule has 0 spiro atoms. The number of carbonyl (C=O) groups excluding carboxylic acids is 15. The fourth-order valence-corrected chi connectivity index (χ4v) is 9.27. The zero-order valence-electron chi connectivity index (χ0n) is 51.8. The highest BCUT2D eigenvalue weighted by Crippen LogP contribution is 2.39. The van der Waals surface area contributed by atoms with Crippen molar-refractivity contribution in [3.05, 3.63) is 0 Å². The fourth-order valence-electron chi connectivity index (χ4n) is 9.27. The van der Waals surface area contributed by atoms with Crippen LogP contribution in [0.5, 0.6) is 0 Å². The van der Waals surface area contributed by atoms with Gasteiger partial charge < -0.3 is 100 Å². The minimum absolute atomic E-state index is 0.783. The second-order valence-corrected chi connectivity index (χ2v) is 20.0. The molecule has 0 aromatic carbocycles. The van der Waals surface area contributed by atoms with Crippen LogP contribution in [0.3, 0.4) is 0 Å². The van der Waals surface area contributed by atoms with Gasteiger partial charge in [0.15, 0.2) is 73.8 Å². The number of ether oxygens (including phenoxy) is 20. The van der Waals surface area contributed by atoms with Gasteiger partial charge in [0.2, 0.25) is 5.91 Å². The first-order valence-corrected chi connectivity index (χ1v) is 27.4. The Morgan fingerprint density at radius 2 is 0.622 bits per heavy atom. The molecule has 7 unspecified atom stereocenters. The molecule has 506 valence electrons. The van der Waals surface area contributed by atoms with Crippen molar-refractivity contribution in [2.45, 2.75) is 220 Å². The van der Waals surface area contributed by atoms with E-state index in [-0.39, 0.29) is 0 Å². The van der Waals surface area contributed by atoms with Gasteiger partial charge in [-0.3, -0.25) is 71.9 Å². The monoisotopic (exact) mass is 1300 g/mol. The molecule has 36 heteroatoms. The highest BCUT2D eigenvalue weighted by atomic mass is 16.8.